The maximum absolute atomic E-state index is 9.41. The molecule has 0 heterocycles. The number of methoxy groups -OCH3 is 1. The molecule has 0 saturated carbocycles. The second-order valence-electron chi connectivity index (χ2n) is 5.62. The molecule has 0 fully saturated rings. The molecule has 0 spiro atoms. The van der Waals surface area contributed by atoms with Crippen molar-refractivity contribution in [1.29, 1.82) is 0 Å². The van der Waals surface area contributed by atoms with Crippen LogP contribution < -0.4 is 4.74 Å². The van der Waals surface area contributed by atoms with E-state index in [0.717, 1.165) is 11.3 Å². The van der Waals surface area contributed by atoms with Crippen LogP contribution in [0.2, 0.25) is 0 Å². The van der Waals surface area contributed by atoms with Gasteiger partial charge in [-0.15, -0.1) is 0 Å². The van der Waals surface area contributed by atoms with Crippen molar-refractivity contribution in [2.45, 2.75) is 32.5 Å². The Morgan fingerprint density at radius 3 is 1.86 bits per heavy atom. The lowest BCUT2D eigenvalue weighted by Gasteiger charge is -2.26. The third-order valence-corrected chi connectivity index (χ3v) is 3.80. The lowest BCUT2D eigenvalue weighted by atomic mass is 9.78. The van der Waals surface area contributed by atoms with Crippen molar-refractivity contribution in [3.63, 3.8) is 0 Å². The number of aromatic hydroxyl groups is 1. The second-order valence-corrected chi connectivity index (χ2v) is 5.62. The van der Waals surface area contributed by atoms with Crippen molar-refractivity contribution in [3.05, 3.63) is 59.7 Å². The molecule has 0 bridgehead atoms. The average molecular weight is 286 g/mol. The Bertz CT molecular complexity index is 570. The molecule has 1 unspecified atom stereocenters. The molecule has 3 nitrogen and oxygen atoms in total. The summed E-state index contributed by atoms with van der Waals surface area (Å²) in [5, 5.41) is 9.41. The molecule has 0 amide bonds. The van der Waals surface area contributed by atoms with Crippen LogP contribution in [0.5, 0.6) is 11.5 Å². The lowest BCUT2D eigenvalue weighted by molar-refractivity contribution is -0.0382. The van der Waals surface area contributed by atoms with Crippen LogP contribution in [0.1, 0.15) is 31.9 Å². The summed E-state index contributed by atoms with van der Waals surface area (Å²) in [4.78, 5) is 0. The third-order valence-electron chi connectivity index (χ3n) is 3.80. The molecule has 0 aliphatic rings. The zero-order valence-corrected chi connectivity index (χ0v) is 13.0. The Hall–Kier alpha value is -2.00. The molecule has 112 valence electrons. The monoisotopic (exact) mass is 286 g/mol. The zero-order valence-electron chi connectivity index (χ0n) is 13.0. The van der Waals surface area contributed by atoms with Gasteiger partial charge in [0.25, 0.3) is 0 Å². The van der Waals surface area contributed by atoms with Gasteiger partial charge in [-0.05, 0) is 42.3 Å². The van der Waals surface area contributed by atoms with Crippen LogP contribution in [-0.2, 0) is 10.2 Å². The topological polar surface area (TPSA) is 38.7 Å². The molecule has 2 aromatic carbocycles. The highest BCUT2D eigenvalue weighted by Crippen LogP contribution is 2.33. The van der Waals surface area contributed by atoms with Gasteiger partial charge >= 0.3 is 0 Å². The van der Waals surface area contributed by atoms with E-state index < -0.39 is 0 Å². The van der Waals surface area contributed by atoms with Gasteiger partial charge in [0.1, 0.15) is 11.5 Å². The van der Waals surface area contributed by atoms with E-state index in [0.29, 0.717) is 0 Å². The fourth-order valence-corrected chi connectivity index (χ4v) is 2.23. The number of phenols is 1. The molecule has 2 rings (SSSR count). The predicted octanol–water partition coefficient (Wildman–Crippen LogP) is 4.09. The molecule has 0 saturated heterocycles. The predicted molar refractivity (Wildman–Crippen MR) is 83.8 cm³/mol. The molecule has 0 aromatic heterocycles. The average Bonchev–Trinajstić information content (AvgIpc) is 2.48. The Morgan fingerprint density at radius 2 is 1.38 bits per heavy atom. The normalized spacial score (nSPS) is 13.0. The highest BCUT2D eigenvalue weighted by Gasteiger charge is 2.23. The molecule has 2 aromatic rings. The summed E-state index contributed by atoms with van der Waals surface area (Å²) in [6.07, 6.45) is -0.263. The highest BCUT2D eigenvalue weighted by atomic mass is 16.7. The van der Waals surface area contributed by atoms with Gasteiger partial charge < -0.3 is 14.6 Å². The van der Waals surface area contributed by atoms with Gasteiger partial charge in [0.05, 0.1) is 0 Å². The van der Waals surface area contributed by atoms with E-state index in [1.54, 1.807) is 19.2 Å². The first-order chi connectivity index (χ1) is 9.93. The number of hydrogen-bond donors (Lipinski definition) is 1. The first kappa shape index (κ1) is 15.4. The highest BCUT2D eigenvalue weighted by molar-refractivity contribution is 5.41. The van der Waals surface area contributed by atoms with Crippen LogP contribution in [0.15, 0.2) is 48.5 Å². The number of rotatable bonds is 5. The van der Waals surface area contributed by atoms with Gasteiger partial charge in [-0.1, -0.05) is 38.1 Å². The fourth-order valence-electron chi connectivity index (χ4n) is 2.23. The van der Waals surface area contributed by atoms with E-state index in [2.05, 4.69) is 26.0 Å². The van der Waals surface area contributed by atoms with E-state index in [9.17, 15) is 5.11 Å². The summed E-state index contributed by atoms with van der Waals surface area (Å²) in [5.41, 5.74) is 2.20. The minimum atomic E-state index is -0.263. The number of hydrogen-bond acceptors (Lipinski definition) is 3. The van der Waals surface area contributed by atoms with Crippen molar-refractivity contribution < 1.29 is 14.6 Å². The first-order valence-electron chi connectivity index (χ1n) is 7.03. The van der Waals surface area contributed by atoms with E-state index in [-0.39, 0.29) is 17.5 Å². The van der Waals surface area contributed by atoms with E-state index in [4.69, 9.17) is 9.47 Å². The molecule has 0 radical (unpaired) electrons. The van der Waals surface area contributed by atoms with Gasteiger partial charge in [-0.3, -0.25) is 0 Å². The van der Waals surface area contributed by atoms with Crippen molar-refractivity contribution >= 4 is 0 Å². The van der Waals surface area contributed by atoms with Crippen molar-refractivity contribution in [2.75, 3.05) is 7.11 Å². The molecule has 3 heteroatoms. The summed E-state index contributed by atoms with van der Waals surface area (Å²) >= 11 is 0. The van der Waals surface area contributed by atoms with E-state index in [1.807, 2.05) is 31.2 Å². The van der Waals surface area contributed by atoms with Gasteiger partial charge in [-0.2, -0.15) is 0 Å². The molecule has 0 aliphatic carbocycles. The van der Waals surface area contributed by atoms with Gasteiger partial charge in [0.2, 0.25) is 0 Å². The Labute approximate surface area is 126 Å². The zero-order chi connectivity index (χ0) is 15.5. The summed E-state index contributed by atoms with van der Waals surface area (Å²) in [6.45, 7) is 6.17. The van der Waals surface area contributed by atoms with Crippen LogP contribution in [0.4, 0.5) is 0 Å². The van der Waals surface area contributed by atoms with Gasteiger partial charge in [-0.25, -0.2) is 0 Å². The van der Waals surface area contributed by atoms with Crippen LogP contribution in [0.3, 0.4) is 0 Å². The second kappa shape index (κ2) is 6.19. The van der Waals surface area contributed by atoms with Gasteiger partial charge in [0, 0.05) is 12.5 Å². The lowest BCUT2D eigenvalue weighted by Crippen LogP contribution is -2.19. The third kappa shape index (κ3) is 3.56. The largest absolute Gasteiger partial charge is 0.508 e. The number of phenolic OH excluding ortho intramolecular Hbond substituents is 1. The molecule has 21 heavy (non-hydrogen) atoms. The van der Waals surface area contributed by atoms with Crippen molar-refractivity contribution in [1.82, 2.24) is 0 Å². The van der Waals surface area contributed by atoms with Crippen LogP contribution >= 0.6 is 0 Å². The Kier molecular flexibility index (Phi) is 4.53. The molecular formula is C18H22O3. The Morgan fingerprint density at radius 1 is 0.905 bits per heavy atom. The standard InChI is InChI=1S/C18H22O3/c1-13(20-4)21-17-11-7-15(8-12-17)18(2,3)14-5-9-16(19)10-6-14/h5-13,19H,1-4H3. The number of ether oxygens (including phenoxy) is 2. The quantitative estimate of drug-likeness (QED) is 0.841. The minimum absolute atomic E-state index is 0.140. The van der Waals surface area contributed by atoms with Crippen LogP contribution in [0, 0.1) is 0 Å². The summed E-state index contributed by atoms with van der Waals surface area (Å²) in [7, 11) is 1.62. The molecular weight excluding hydrogens is 264 g/mol. The maximum Gasteiger partial charge on any atom is 0.196 e. The summed E-state index contributed by atoms with van der Waals surface area (Å²) in [5.74, 6) is 1.07. The van der Waals surface area contributed by atoms with E-state index in [1.165, 1.54) is 5.56 Å². The molecule has 1 N–H and O–H groups in total. The van der Waals surface area contributed by atoms with Crippen molar-refractivity contribution in [3.8, 4) is 11.5 Å². The molecule has 0 aliphatic heterocycles. The van der Waals surface area contributed by atoms with Crippen molar-refractivity contribution in [2.24, 2.45) is 0 Å². The number of benzene rings is 2. The fraction of sp³-hybridized carbons (Fsp3) is 0.333. The van der Waals surface area contributed by atoms with Crippen LogP contribution in [-0.4, -0.2) is 18.5 Å². The van der Waals surface area contributed by atoms with Crippen LogP contribution in [0.25, 0.3) is 0 Å². The van der Waals surface area contributed by atoms with E-state index >= 15 is 0 Å². The summed E-state index contributed by atoms with van der Waals surface area (Å²) in [6, 6.07) is 15.4. The smallest absolute Gasteiger partial charge is 0.196 e. The summed E-state index contributed by atoms with van der Waals surface area (Å²) < 4.78 is 10.7. The van der Waals surface area contributed by atoms with Gasteiger partial charge in [0.15, 0.2) is 6.29 Å². The Balaban J connectivity index is 2.22. The molecule has 1 atom stereocenters. The SMILES string of the molecule is COC(C)Oc1ccc(C(C)(C)c2ccc(O)cc2)cc1. The minimum Gasteiger partial charge on any atom is -0.508 e. The maximum atomic E-state index is 9.41. The first-order valence-corrected chi connectivity index (χ1v) is 7.03.